The Morgan fingerprint density at radius 1 is 1.00 bits per heavy atom. The number of anilines is 1. The van der Waals surface area contributed by atoms with Crippen molar-refractivity contribution in [3.05, 3.63) is 101 Å². The Morgan fingerprint density at radius 2 is 1.74 bits per heavy atom. The van der Waals surface area contributed by atoms with Crippen LogP contribution in [-0.2, 0) is 22.4 Å². The summed E-state index contributed by atoms with van der Waals surface area (Å²) in [5.74, 6) is -0.420. The fourth-order valence-corrected chi connectivity index (χ4v) is 4.69. The lowest BCUT2D eigenvalue weighted by molar-refractivity contribution is 0.0252. The molecule has 0 bridgehead atoms. The molecule has 6 nitrogen and oxygen atoms in total. The topological polar surface area (TPSA) is 59.1 Å². The summed E-state index contributed by atoms with van der Waals surface area (Å²) in [6, 6.07) is 23.2. The molecular weight excluding hydrogens is 428 g/mol. The number of benzene rings is 3. The van der Waals surface area contributed by atoms with Crippen LogP contribution in [0.2, 0.25) is 0 Å². The Hall–Kier alpha value is -3.64. The van der Waals surface area contributed by atoms with Crippen molar-refractivity contribution in [1.29, 1.82) is 0 Å². The first-order valence-corrected chi connectivity index (χ1v) is 11.6. The summed E-state index contributed by atoms with van der Waals surface area (Å²) in [6.07, 6.45) is 0.208. The van der Waals surface area contributed by atoms with Gasteiger partial charge >= 0.3 is 5.97 Å². The Bertz CT molecular complexity index is 1190. The van der Waals surface area contributed by atoms with Crippen LogP contribution in [0.1, 0.15) is 43.5 Å². The molecule has 2 aliphatic rings. The summed E-state index contributed by atoms with van der Waals surface area (Å²) in [6.45, 7) is 3.61. The number of carbonyl (C=O) groups is 2. The van der Waals surface area contributed by atoms with E-state index in [0.29, 0.717) is 37.3 Å². The molecule has 6 heteroatoms. The zero-order valence-electron chi connectivity index (χ0n) is 19.3. The number of nitrogens with zero attached hydrogens (tertiary/aromatic N) is 2. The molecule has 0 unspecified atom stereocenters. The van der Waals surface area contributed by atoms with Crippen molar-refractivity contribution in [2.24, 2.45) is 0 Å². The number of hydrogen-bond acceptors (Lipinski definition) is 5. The highest BCUT2D eigenvalue weighted by molar-refractivity contribution is 5.97. The van der Waals surface area contributed by atoms with E-state index in [2.05, 4.69) is 17.0 Å². The molecule has 1 fully saturated rings. The van der Waals surface area contributed by atoms with Gasteiger partial charge in [-0.25, -0.2) is 4.79 Å². The Morgan fingerprint density at radius 3 is 2.53 bits per heavy atom. The van der Waals surface area contributed by atoms with Crippen LogP contribution >= 0.6 is 0 Å². The number of rotatable bonds is 5. The van der Waals surface area contributed by atoms with Gasteiger partial charge in [0, 0.05) is 44.4 Å². The quantitative estimate of drug-likeness (QED) is 0.538. The van der Waals surface area contributed by atoms with Crippen molar-refractivity contribution >= 4 is 17.6 Å². The number of fused-ring (bicyclic) bond motifs is 1. The van der Waals surface area contributed by atoms with Gasteiger partial charge in [-0.2, -0.15) is 0 Å². The molecule has 2 heterocycles. The first kappa shape index (κ1) is 22.2. The van der Waals surface area contributed by atoms with Gasteiger partial charge in [0.25, 0.3) is 5.91 Å². The third-order valence-corrected chi connectivity index (χ3v) is 6.50. The lowest BCUT2D eigenvalue weighted by Crippen LogP contribution is -2.37. The average molecular weight is 457 g/mol. The zero-order valence-corrected chi connectivity index (χ0v) is 19.3. The van der Waals surface area contributed by atoms with Crippen LogP contribution < -0.4 is 4.90 Å². The van der Waals surface area contributed by atoms with E-state index in [-0.39, 0.29) is 18.0 Å². The van der Waals surface area contributed by atoms with E-state index >= 15 is 0 Å². The van der Waals surface area contributed by atoms with Crippen LogP contribution in [0.15, 0.2) is 72.8 Å². The number of morpholine rings is 1. The van der Waals surface area contributed by atoms with Crippen LogP contribution in [0.25, 0.3) is 0 Å². The third kappa shape index (κ3) is 4.54. The highest BCUT2D eigenvalue weighted by Gasteiger charge is 2.28. The molecule has 34 heavy (non-hydrogen) atoms. The van der Waals surface area contributed by atoms with Crippen molar-refractivity contribution < 1.29 is 19.1 Å². The van der Waals surface area contributed by atoms with Gasteiger partial charge in [-0.05, 0) is 41.0 Å². The maximum absolute atomic E-state index is 13.3. The van der Waals surface area contributed by atoms with Gasteiger partial charge in [0.05, 0.1) is 18.8 Å². The lowest BCUT2D eigenvalue weighted by atomic mass is 9.93. The normalized spacial score (nSPS) is 17.6. The second-order valence-electron chi connectivity index (χ2n) is 8.77. The molecule has 5 rings (SSSR count). The van der Waals surface area contributed by atoms with Gasteiger partial charge in [0.1, 0.15) is 6.10 Å². The molecular formula is C28H28N2O4. The summed E-state index contributed by atoms with van der Waals surface area (Å²) in [4.78, 5) is 30.0. The molecule has 0 aromatic heterocycles. The maximum Gasteiger partial charge on any atom is 0.339 e. The Balaban J connectivity index is 1.34. The molecule has 0 radical (unpaired) electrons. The number of cyclic esters (lactones) is 1. The zero-order chi connectivity index (χ0) is 23.5. The number of ether oxygens (including phenoxy) is 2. The van der Waals surface area contributed by atoms with Gasteiger partial charge in [-0.3, -0.25) is 4.79 Å². The number of esters is 1. The molecule has 1 amide bonds. The van der Waals surface area contributed by atoms with Crippen LogP contribution in [-0.4, -0.2) is 50.1 Å². The van der Waals surface area contributed by atoms with Crippen molar-refractivity contribution in [3.63, 3.8) is 0 Å². The summed E-state index contributed by atoms with van der Waals surface area (Å²) in [7, 11) is 1.82. The van der Waals surface area contributed by atoms with Gasteiger partial charge in [-0.1, -0.05) is 48.5 Å². The van der Waals surface area contributed by atoms with E-state index in [9.17, 15) is 9.59 Å². The number of para-hydroxylation sites is 1. The fraction of sp³-hybridized carbons (Fsp3) is 0.286. The summed E-state index contributed by atoms with van der Waals surface area (Å²) >= 11 is 0. The van der Waals surface area contributed by atoms with Crippen LogP contribution in [0.3, 0.4) is 0 Å². The van der Waals surface area contributed by atoms with Crippen molar-refractivity contribution in [1.82, 2.24) is 4.90 Å². The van der Waals surface area contributed by atoms with Gasteiger partial charge < -0.3 is 19.3 Å². The summed E-state index contributed by atoms with van der Waals surface area (Å²) < 4.78 is 11.1. The second kappa shape index (κ2) is 9.69. The molecule has 2 aliphatic heterocycles. The minimum absolute atomic E-state index is 0.0743. The maximum atomic E-state index is 13.3. The predicted octanol–water partition coefficient (Wildman–Crippen LogP) is 4.25. The molecule has 0 saturated carbocycles. The number of amides is 1. The monoisotopic (exact) mass is 456 g/mol. The molecule has 0 aliphatic carbocycles. The molecule has 3 aromatic rings. The SMILES string of the molecule is CN(Cc1ccccc1N1CCOCC1)C(=O)c1ccc2c(c1)C[C@H](c1ccccc1)OC2=O. The minimum atomic E-state index is -0.345. The molecule has 0 N–H and O–H groups in total. The minimum Gasteiger partial charge on any atom is -0.454 e. The van der Waals surface area contributed by atoms with Crippen molar-refractivity contribution in [2.75, 3.05) is 38.3 Å². The number of carbonyl (C=O) groups excluding carboxylic acids is 2. The molecule has 0 spiro atoms. The van der Waals surface area contributed by atoms with E-state index in [1.54, 1.807) is 17.0 Å². The molecule has 3 aromatic carbocycles. The standard InChI is InChI=1S/C28H28N2O4/c1-29(19-22-9-5-6-10-25(22)30-13-15-33-16-14-30)27(31)21-11-12-24-23(17-21)18-26(34-28(24)32)20-7-3-2-4-8-20/h2-12,17,26H,13-16,18-19H2,1H3/t26-/m1/s1. The van der Waals surface area contributed by atoms with Crippen molar-refractivity contribution in [3.8, 4) is 0 Å². The number of hydrogen-bond donors (Lipinski definition) is 0. The smallest absolute Gasteiger partial charge is 0.339 e. The highest BCUT2D eigenvalue weighted by atomic mass is 16.5. The van der Waals surface area contributed by atoms with Gasteiger partial charge in [-0.15, -0.1) is 0 Å². The second-order valence-corrected chi connectivity index (χ2v) is 8.77. The Kier molecular flexibility index (Phi) is 6.32. The largest absolute Gasteiger partial charge is 0.454 e. The third-order valence-electron chi connectivity index (χ3n) is 6.50. The van der Waals surface area contributed by atoms with Crippen LogP contribution in [0.5, 0.6) is 0 Å². The fourth-order valence-electron chi connectivity index (χ4n) is 4.69. The molecule has 1 saturated heterocycles. The van der Waals surface area contributed by atoms with Gasteiger partial charge in [0.2, 0.25) is 0 Å². The van der Waals surface area contributed by atoms with E-state index < -0.39 is 0 Å². The predicted molar refractivity (Wildman–Crippen MR) is 130 cm³/mol. The first-order valence-electron chi connectivity index (χ1n) is 11.6. The first-order chi connectivity index (χ1) is 16.6. The molecule has 174 valence electrons. The summed E-state index contributed by atoms with van der Waals surface area (Å²) in [5.41, 5.74) is 5.15. The highest BCUT2D eigenvalue weighted by Crippen LogP contribution is 2.31. The summed E-state index contributed by atoms with van der Waals surface area (Å²) in [5, 5.41) is 0. The van der Waals surface area contributed by atoms with Crippen molar-refractivity contribution in [2.45, 2.75) is 19.1 Å². The van der Waals surface area contributed by atoms with Crippen LogP contribution in [0.4, 0.5) is 5.69 Å². The van der Waals surface area contributed by atoms with E-state index in [1.165, 1.54) is 0 Å². The van der Waals surface area contributed by atoms with E-state index in [4.69, 9.17) is 9.47 Å². The van der Waals surface area contributed by atoms with E-state index in [0.717, 1.165) is 35.5 Å². The average Bonchev–Trinajstić information content (AvgIpc) is 2.89. The lowest BCUT2D eigenvalue weighted by Gasteiger charge is -2.31. The van der Waals surface area contributed by atoms with Gasteiger partial charge in [0.15, 0.2) is 0 Å². The Labute approximate surface area is 199 Å². The van der Waals surface area contributed by atoms with E-state index in [1.807, 2.05) is 55.6 Å². The van der Waals surface area contributed by atoms with Crippen LogP contribution in [0, 0.1) is 0 Å². The molecule has 1 atom stereocenters.